The van der Waals surface area contributed by atoms with Crippen LogP contribution in [0.1, 0.15) is 40.7 Å². The van der Waals surface area contributed by atoms with Crippen molar-refractivity contribution in [1.82, 2.24) is 25.2 Å². The molecule has 0 aromatic carbocycles. The van der Waals surface area contributed by atoms with Gasteiger partial charge in [0, 0.05) is 36.4 Å². The van der Waals surface area contributed by atoms with Crippen LogP contribution in [0.15, 0.2) is 36.7 Å². The fourth-order valence-electron chi connectivity index (χ4n) is 4.07. The lowest BCUT2D eigenvalue weighted by atomic mass is 9.96. The second-order valence-corrected chi connectivity index (χ2v) is 10.1. The van der Waals surface area contributed by atoms with Gasteiger partial charge < -0.3 is 21.5 Å². The summed E-state index contributed by atoms with van der Waals surface area (Å²) in [5, 5.41) is 25.5. The normalized spacial score (nSPS) is 15.2. The minimum atomic E-state index is -0.334. The van der Waals surface area contributed by atoms with E-state index < -0.39 is 0 Å². The zero-order chi connectivity index (χ0) is 25.5. The third-order valence-corrected chi connectivity index (χ3v) is 7.13. The van der Waals surface area contributed by atoms with Crippen LogP contribution < -0.4 is 16.4 Å². The number of thiazole rings is 1. The molecule has 4 heterocycles. The molecule has 1 atom stereocenters. The smallest absolute Gasteiger partial charge is 0.270 e. The number of carbonyl (C=O) groups is 1. The maximum absolute atomic E-state index is 12.8. The van der Waals surface area contributed by atoms with E-state index in [1.54, 1.807) is 24.5 Å². The highest BCUT2D eigenvalue weighted by atomic mass is 32.1. The third kappa shape index (κ3) is 6.34. The van der Waals surface area contributed by atoms with Gasteiger partial charge in [0.15, 0.2) is 0 Å². The second-order valence-electron chi connectivity index (χ2n) is 8.94. The summed E-state index contributed by atoms with van der Waals surface area (Å²) in [6, 6.07) is 8.91. The Morgan fingerprint density at radius 2 is 2.17 bits per heavy atom. The minimum absolute atomic E-state index is 0.143. The molecule has 3 aromatic rings. The highest BCUT2D eigenvalue weighted by molar-refractivity contribution is 7.14. The summed E-state index contributed by atoms with van der Waals surface area (Å²) in [6.07, 6.45) is 5.67. The Kier molecular flexibility index (Phi) is 8.43. The first-order chi connectivity index (χ1) is 17.5. The molecule has 0 radical (unpaired) electrons. The summed E-state index contributed by atoms with van der Waals surface area (Å²) in [7, 11) is 0. The maximum Gasteiger partial charge on any atom is 0.270 e. The van der Waals surface area contributed by atoms with Gasteiger partial charge >= 0.3 is 0 Å². The van der Waals surface area contributed by atoms with E-state index in [9.17, 15) is 15.2 Å². The van der Waals surface area contributed by atoms with Crippen molar-refractivity contribution < 1.29 is 9.90 Å². The van der Waals surface area contributed by atoms with E-state index in [0.717, 1.165) is 43.2 Å². The number of nitrogen functional groups attached to an aromatic ring is 1. The van der Waals surface area contributed by atoms with Crippen molar-refractivity contribution in [3.63, 3.8) is 0 Å². The van der Waals surface area contributed by atoms with Crippen LogP contribution in [0.2, 0.25) is 0 Å². The number of aromatic nitrogens is 3. The summed E-state index contributed by atoms with van der Waals surface area (Å²) in [5.41, 5.74) is 7.36. The molecule has 0 bridgehead atoms. The van der Waals surface area contributed by atoms with Gasteiger partial charge in [-0.15, -0.1) is 11.3 Å². The number of nitrogens with one attached hydrogen (secondary N) is 2. The first-order valence-electron chi connectivity index (χ1n) is 11.9. The third-order valence-electron chi connectivity index (χ3n) is 6.13. The van der Waals surface area contributed by atoms with E-state index in [4.69, 9.17) is 5.73 Å². The predicted molar refractivity (Wildman–Crippen MR) is 139 cm³/mol. The fourth-order valence-corrected chi connectivity index (χ4v) is 5.00. The van der Waals surface area contributed by atoms with Crippen LogP contribution in [0.3, 0.4) is 0 Å². The summed E-state index contributed by atoms with van der Waals surface area (Å²) >= 11 is 1.67. The first kappa shape index (κ1) is 25.5. The zero-order valence-electron chi connectivity index (χ0n) is 20.1. The quantitative estimate of drug-likeness (QED) is 0.343. The standard InChI is InChI=1S/C25H30N8O2S/c1-16(15-34)31-23-19(11-26)20(27)10-22(32-23)24(35)29-12-17-5-8-33(9-6-17)14-18-13-30-25(36-18)21-4-2-3-7-28-21/h2-4,7,10,13,16-17,34H,5-6,8-9,12,14-15H2,1H3,(H,29,35)(H3,27,31,32). The summed E-state index contributed by atoms with van der Waals surface area (Å²) in [6.45, 7) is 4.91. The van der Waals surface area contributed by atoms with Crippen molar-refractivity contribution in [3.8, 4) is 16.8 Å². The molecule has 1 amide bonds. The molecule has 1 fully saturated rings. The number of piperidine rings is 1. The number of rotatable bonds is 9. The number of hydrogen-bond donors (Lipinski definition) is 4. The number of nitrogens with two attached hydrogens (primary N) is 1. The number of amides is 1. The van der Waals surface area contributed by atoms with Gasteiger partial charge in [-0.25, -0.2) is 9.97 Å². The number of anilines is 2. The van der Waals surface area contributed by atoms with Crippen LogP contribution in [0.4, 0.5) is 11.5 Å². The average Bonchev–Trinajstić information content (AvgIpc) is 3.37. The van der Waals surface area contributed by atoms with Crippen LogP contribution in [-0.2, 0) is 6.54 Å². The average molecular weight is 507 g/mol. The zero-order valence-corrected chi connectivity index (χ0v) is 21.0. The van der Waals surface area contributed by atoms with Crippen molar-refractivity contribution in [1.29, 1.82) is 5.26 Å². The molecule has 1 aliphatic heterocycles. The van der Waals surface area contributed by atoms with Crippen molar-refractivity contribution in [2.45, 2.75) is 32.4 Å². The molecular formula is C25H30N8O2S. The van der Waals surface area contributed by atoms with Gasteiger partial charge in [-0.05, 0) is 57.0 Å². The van der Waals surface area contributed by atoms with Gasteiger partial charge in [0.05, 0.1) is 18.0 Å². The van der Waals surface area contributed by atoms with Crippen molar-refractivity contribution >= 4 is 28.7 Å². The number of nitrogens with zero attached hydrogens (tertiary/aromatic N) is 5. The number of aliphatic hydroxyl groups excluding tert-OH is 1. The predicted octanol–water partition coefficient (Wildman–Crippen LogP) is 2.49. The molecule has 36 heavy (non-hydrogen) atoms. The summed E-state index contributed by atoms with van der Waals surface area (Å²) in [5.74, 6) is 0.241. The Labute approximate surface area is 214 Å². The lowest BCUT2D eigenvalue weighted by Crippen LogP contribution is -2.38. The lowest BCUT2D eigenvalue weighted by molar-refractivity contribution is 0.0930. The number of hydrogen-bond acceptors (Lipinski definition) is 10. The molecule has 10 nitrogen and oxygen atoms in total. The molecule has 188 valence electrons. The maximum atomic E-state index is 12.8. The number of nitriles is 1. The van der Waals surface area contributed by atoms with E-state index >= 15 is 0 Å². The van der Waals surface area contributed by atoms with E-state index in [1.165, 1.54) is 10.9 Å². The minimum Gasteiger partial charge on any atom is -0.397 e. The molecular weight excluding hydrogens is 476 g/mol. The van der Waals surface area contributed by atoms with Crippen LogP contribution >= 0.6 is 11.3 Å². The highest BCUT2D eigenvalue weighted by Gasteiger charge is 2.22. The van der Waals surface area contributed by atoms with Crippen LogP contribution in [0.5, 0.6) is 0 Å². The van der Waals surface area contributed by atoms with Gasteiger partial charge in [-0.1, -0.05) is 6.07 Å². The molecule has 1 saturated heterocycles. The molecule has 1 unspecified atom stereocenters. The van der Waals surface area contributed by atoms with Crippen LogP contribution in [0, 0.1) is 17.2 Å². The van der Waals surface area contributed by atoms with Gasteiger partial charge in [0.1, 0.15) is 28.2 Å². The molecule has 0 saturated carbocycles. The fraction of sp³-hybridized carbons (Fsp3) is 0.400. The van der Waals surface area contributed by atoms with Crippen molar-refractivity contribution in [2.75, 3.05) is 37.3 Å². The largest absolute Gasteiger partial charge is 0.397 e. The van der Waals surface area contributed by atoms with E-state index in [1.807, 2.05) is 30.5 Å². The number of pyridine rings is 2. The van der Waals surface area contributed by atoms with Gasteiger partial charge in [0.25, 0.3) is 5.91 Å². The van der Waals surface area contributed by atoms with Crippen molar-refractivity contribution in [3.05, 3.63) is 52.8 Å². The Morgan fingerprint density at radius 1 is 1.36 bits per heavy atom. The topological polar surface area (TPSA) is 153 Å². The molecule has 0 aliphatic carbocycles. The number of likely N-dealkylation sites (tertiary alicyclic amines) is 1. The Bertz CT molecular complexity index is 1220. The van der Waals surface area contributed by atoms with Gasteiger partial charge in [-0.2, -0.15) is 5.26 Å². The molecule has 5 N–H and O–H groups in total. The van der Waals surface area contributed by atoms with E-state index in [0.29, 0.717) is 12.5 Å². The van der Waals surface area contributed by atoms with Gasteiger partial charge in [-0.3, -0.25) is 14.7 Å². The van der Waals surface area contributed by atoms with E-state index in [-0.39, 0.29) is 41.3 Å². The monoisotopic (exact) mass is 506 g/mol. The Hall–Kier alpha value is -3.59. The SMILES string of the molecule is CC(CO)Nc1nc(C(=O)NCC2CCN(Cc3cnc(-c4ccccn4)s3)CC2)cc(N)c1C#N. The molecule has 3 aromatic heterocycles. The lowest BCUT2D eigenvalue weighted by Gasteiger charge is -2.31. The Morgan fingerprint density at radius 3 is 2.86 bits per heavy atom. The van der Waals surface area contributed by atoms with E-state index in [2.05, 4.69) is 30.5 Å². The van der Waals surface area contributed by atoms with Crippen LogP contribution in [0.25, 0.3) is 10.7 Å². The molecule has 1 aliphatic rings. The number of aliphatic hydroxyl groups is 1. The summed E-state index contributed by atoms with van der Waals surface area (Å²) in [4.78, 5) is 29.6. The van der Waals surface area contributed by atoms with Crippen LogP contribution in [-0.4, -0.2) is 63.1 Å². The number of carbonyl (C=O) groups excluding carboxylic acids is 1. The highest BCUT2D eigenvalue weighted by Crippen LogP contribution is 2.26. The molecule has 0 spiro atoms. The Balaban J connectivity index is 1.27. The molecule has 11 heteroatoms. The molecule has 4 rings (SSSR count). The van der Waals surface area contributed by atoms with Crippen molar-refractivity contribution in [2.24, 2.45) is 5.92 Å². The summed E-state index contributed by atoms with van der Waals surface area (Å²) < 4.78 is 0. The first-order valence-corrected chi connectivity index (χ1v) is 12.7. The second kappa shape index (κ2) is 11.9. The van der Waals surface area contributed by atoms with Gasteiger partial charge in [0.2, 0.25) is 0 Å².